The summed E-state index contributed by atoms with van der Waals surface area (Å²) in [5.41, 5.74) is 0.872. The van der Waals surface area contributed by atoms with Crippen molar-refractivity contribution in [3.8, 4) is 0 Å². The second-order valence-corrected chi connectivity index (χ2v) is 8.94. The van der Waals surface area contributed by atoms with Gasteiger partial charge < -0.3 is 4.90 Å². The minimum atomic E-state index is -3.70. The van der Waals surface area contributed by atoms with Gasteiger partial charge in [0.25, 0.3) is 5.91 Å². The number of rotatable bonds is 6. The minimum absolute atomic E-state index is 0.0558. The first-order valence-corrected chi connectivity index (χ1v) is 11.2. The summed E-state index contributed by atoms with van der Waals surface area (Å²) in [5.74, 6) is -0.372. The number of hydrogen-bond donors (Lipinski definition) is 0. The maximum atomic E-state index is 13.2. The number of amides is 1. The van der Waals surface area contributed by atoms with E-state index < -0.39 is 10.0 Å². The predicted octanol–water partition coefficient (Wildman–Crippen LogP) is 4.80. The van der Waals surface area contributed by atoms with Crippen molar-refractivity contribution in [1.82, 2.24) is 4.31 Å². The van der Waals surface area contributed by atoms with E-state index in [2.05, 4.69) is 0 Å². The molecule has 1 amide bonds. The Morgan fingerprint density at radius 3 is 2.31 bits per heavy atom. The summed E-state index contributed by atoms with van der Waals surface area (Å²) < 4.78 is 27.1. The van der Waals surface area contributed by atoms with Gasteiger partial charge in [-0.3, -0.25) is 4.79 Å². The molecule has 0 heterocycles. The Labute approximate surface area is 176 Å². The van der Waals surface area contributed by atoms with Crippen LogP contribution in [-0.4, -0.2) is 38.8 Å². The molecule has 0 radical (unpaired) electrons. The summed E-state index contributed by atoms with van der Waals surface area (Å²) in [4.78, 5) is 14.8. The second kappa shape index (κ2) is 8.53. The third-order valence-corrected chi connectivity index (χ3v) is 7.32. The van der Waals surface area contributed by atoms with Crippen molar-refractivity contribution >= 4 is 44.0 Å². The Morgan fingerprint density at radius 1 is 0.966 bits per heavy atom. The van der Waals surface area contributed by atoms with Crippen LogP contribution in [0.3, 0.4) is 0 Å². The number of fused-ring (bicyclic) bond motifs is 1. The van der Waals surface area contributed by atoms with E-state index in [0.29, 0.717) is 13.1 Å². The minimum Gasteiger partial charge on any atom is -0.311 e. The fraction of sp³-hybridized carbons (Fsp3) is 0.227. The fourth-order valence-corrected chi connectivity index (χ4v) is 5.02. The lowest BCUT2D eigenvalue weighted by Gasteiger charge is -2.22. The standard InChI is InChI=1S/C22H23ClN2O3S/c1-4-25(5-2)29(27,28)17-13-14-20(23)19(15-17)22(26)24(3)21-12-8-10-16-9-6-7-11-18(16)21/h6-15H,4-5H2,1-3H3. The zero-order chi connectivity index (χ0) is 21.2. The molecule has 0 aliphatic rings. The summed E-state index contributed by atoms with van der Waals surface area (Å²) >= 11 is 6.28. The highest BCUT2D eigenvalue weighted by atomic mass is 35.5. The smallest absolute Gasteiger partial charge is 0.259 e. The largest absolute Gasteiger partial charge is 0.311 e. The molecule has 3 rings (SSSR count). The van der Waals surface area contributed by atoms with E-state index in [1.807, 2.05) is 42.5 Å². The van der Waals surface area contributed by atoms with Crippen LogP contribution in [0.1, 0.15) is 24.2 Å². The Hall–Kier alpha value is -2.41. The van der Waals surface area contributed by atoms with Gasteiger partial charge in [0.2, 0.25) is 10.0 Å². The normalized spacial score (nSPS) is 11.8. The van der Waals surface area contributed by atoms with Crippen molar-refractivity contribution in [2.75, 3.05) is 25.0 Å². The van der Waals surface area contributed by atoms with Gasteiger partial charge in [0.15, 0.2) is 0 Å². The number of sulfonamides is 1. The van der Waals surface area contributed by atoms with Gasteiger partial charge in [-0.2, -0.15) is 4.31 Å². The molecule has 0 fully saturated rings. The predicted molar refractivity (Wildman–Crippen MR) is 118 cm³/mol. The van der Waals surface area contributed by atoms with Crippen LogP contribution in [-0.2, 0) is 10.0 Å². The Balaban J connectivity index is 2.05. The van der Waals surface area contributed by atoms with Gasteiger partial charge in [0, 0.05) is 25.5 Å². The Kier molecular flexibility index (Phi) is 6.27. The molecule has 0 aliphatic carbocycles. The molecule has 0 aliphatic heterocycles. The van der Waals surface area contributed by atoms with Crippen LogP contribution in [0.4, 0.5) is 5.69 Å². The van der Waals surface area contributed by atoms with E-state index in [0.717, 1.165) is 16.5 Å². The average Bonchev–Trinajstić information content (AvgIpc) is 2.73. The zero-order valence-corrected chi connectivity index (χ0v) is 18.2. The molecule has 0 aromatic heterocycles. The van der Waals surface area contributed by atoms with Crippen molar-refractivity contribution < 1.29 is 13.2 Å². The first kappa shape index (κ1) is 21.3. The average molecular weight is 431 g/mol. The van der Waals surface area contributed by atoms with Gasteiger partial charge >= 0.3 is 0 Å². The number of hydrogen-bond acceptors (Lipinski definition) is 3. The number of anilines is 1. The summed E-state index contributed by atoms with van der Waals surface area (Å²) in [6, 6.07) is 17.7. The van der Waals surface area contributed by atoms with Crippen molar-refractivity contribution in [2.24, 2.45) is 0 Å². The Morgan fingerprint density at radius 2 is 1.62 bits per heavy atom. The first-order valence-electron chi connectivity index (χ1n) is 9.36. The molecule has 0 unspecified atom stereocenters. The molecular weight excluding hydrogens is 408 g/mol. The van der Waals surface area contributed by atoms with E-state index in [1.165, 1.54) is 27.4 Å². The molecular formula is C22H23ClN2O3S. The van der Waals surface area contributed by atoms with Crippen LogP contribution in [0.5, 0.6) is 0 Å². The lowest BCUT2D eigenvalue weighted by molar-refractivity contribution is 0.0993. The molecule has 0 spiro atoms. The first-order chi connectivity index (χ1) is 13.8. The fourth-order valence-electron chi connectivity index (χ4n) is 3.33. The van der Waals surface area contributed by atoms with Crippen LogP contribution in [0.15, 0.2) is 65.6 Å². The lowest BCUT2D eigenvalue weighted by Crippen LogP contribution is -2.31. The van der Waals surface area contributed by atoms with Gasteiger partial charge in [-0.15, -0.1) is 0 Å². The number of carbonyl (C=O) groups is 1. The molecule has 3 aromatic rings. The van der Waals surface area contributed by atoms with Crippen LogP contribution >= 0.6 is 11.6 Å². The maximum Gasteiger partial charge on any atom is 0.259 e. The maximum absolute atomic E-state index is 13.2. The van der Waals surface area contributed by atoms with Crippen molar-refractivity contribution in [3.05, 3.63) is 71.2 Å². The number of benzene rings is 3. The zero-order valence-electron chi connectivity index (χ0n) is 16.6. The van der Waals surface area contributed by atoms with Gasteiger partial charge in [-0.25, -0.2) is 8.42 Å². The molecule has 0 bridgehead atoms. The highest BCUT2D eigenvalue weighted by molar-refractivity contribution is 7.89. The highest BCUT2D eigenvalue weighted by Gasteiger charge is 2.25. The molecule has 3 aromatic carbocycles. The van der Waals surface area contributed by atoms with E-state index in [4.69, 9.17) is 11.6 Å². The van der Waals surface area contributed by atoms with Gasteiger partial charge in [0.05, 0.1) is 21.2 Å². The molecule has 29 heavy (non-hydrogen) atoms. The number of halogens is 1. The van der Waals surface area contributed by atoms with Crippen LogP contribution in [0.25, 0.3) is 10.8 Å². The van der Waals surface area contributed by atoms with Crippen LogP contribution in [0.2, 0.25) is 5.02 Å². The van der Waals surface area contributed by atoms with E-state index in [-0.39, 0.29) is 21.4 Å². The van der Waals surface area contributed by atoms with Gasteiger partial charge in [-0.05, 0) is 29.7 Å². The lowest BCUT2D eigenvalue weighted by atomic mass is 10.1. The molecule has 5 nitrogen and oxygen atoms in total. The van der Waals surface area contributed by atoms with Crippen molar-refractivity contribution in [3.63, 3.8) is 0 Å². The SMILES string of the molecule is CCN(CC)S(=O)(=O)c1ccc(Cl)c(C(=O)N(C)c2cccc3ccccc23)c1. The molecule has 0 N–H and O–H groups in total. The monoisotopic (exact) mass is 430 g/mol. The summed E-state index contributed by atoms with van der Waals surface area (Å²) in [6.07, 6.45) is 0. The van der Waals surface area contributed by atoms with Gasteiger partial charge in [0.1, 0.15) is 0 Å². The Bertz CT molecular complexity index is 1150. The third kappa shape index (κ3) is 4.01. The topological polar surface area (TPSA) is 57.7 Å². The summed E-state index contributed by atoms with van der Waals surface area (Å²) in [6.45, 7) is 4.25. The van der Waals surface area contributed by atoms with Crippen molar-refractivity contribution in [2.45, 2.75) is 18.7 Å². The molecule has 0 saturated heterocycles. The number of carbonyl (C=O) groups excluding carboxylic acids is 1. The molecule has 0 saturated carbocycles. The molecule has 7 heteroatoms. The highest BCUT2D eigenvalue weighted by Crippen LogP contribution is 2.29. The number of nitrogens with zero attached hydrogens (tertiary/aromatic N) is 2. The summed E-state index contributed by atoms with van der Waals surface area (Å²) in [5, 5.41) is 2.14. The van der Waals surface area contributed by atoms with Crippen LogP contribution < -0.4 is 4.90 Å². The quantitative estimate of drug-likeness (QED) is 0.564. The second-order valence-electron chi connectivity index (χ2n) is 6.59. The van der Waals surface area contributed by atoms with E-state index >= 15 is 0 Å². The van der Waals surface area contributed by atoms with E-state index in [9.17, 15) is 13.2 Å². The van der Waals surface area contributed by atoms with E-state index in [1.54, 1.807) is 20.9 Å². The van der Waals surface area contributed by atoms with Crippen LogP contribution in [0, 0.1) is 0 Å². The van der Waals surface area contributed by atoms with Crippen molar-refractivity contribution in [1.29, 1.82) is 0 Å². The summed E-state index contributed by atoms with van der Waals surface area (Å²) in [7, 11) is -2.04. The third-order valence-electron chi connectivity index (χ3n) is 4.94. The van der Waals surface area contributed by atoms with Gasteiger partial charge in [-0.1, -0.05) is 61.8 Å². The molecule has 0 atom stereocenters. The molecule has 152 valence electrons.